The summed E-state index contributed by atoms with van der Waals surface area (Å²) < 4.78 is 0. The molecule has 0 radical (unpaired) electrons. The van der Waals surface area contributed by atoms with Crippen LogP contribution in [0.25, 0.3) is 11.1 Å². The molecule has 0 aliphatic carbocycles. The fourth-order valence-corrected chi connectivity index (χ4v) is 2.72. The molecule has 0 saturated carbocycles. The Balaban J connectivity index is 1.78. The standard InChI is InChI=1S/C21H28O/c1-3-17(2)7-5-4-6-8-18-9-11-19(12-10-18)20-13-15-21(22)16-14-20/h9-17,22H,3-8H2,1-2H3/t17-/m0/s1. The van der Waals surface area contributed by atoms with Crippen LogP contribution in [-0.4, -0.2) is 5.11 Å². The quantitative estimate of drug-likeness (QED) is 0.574. The maximum Gasteiger partial charge on any atom is 0.115 e. The fraction of sp³-hybridized carbons (Fsp3) is 0.429. The van der Waals surface area contributed by atoms with E-state index in [-0.39, 0.29) is 0 Å². The molecule has 0 saturated heterocycles. The number of aryl methyl sites for hydroxylation is 1. The molecule has 2 aromatic rings. The first kappa shape index (κ1) is 16.6. The van der Waals surface area contributed by atoms with Gasteiger partial charge >= 0.3 is 0 Å². The van der Waals surface area contributed by atoms with Crippen molar-refractivity contribution in [2.45, 2.75) is 52.4 Å². The molecule has 1 heteroatoms. The van der Waals surface area contributed by atoms with E-state index in [0.717, 1.165) is 11.5 Å². The number of unbranched alkanes of at least 4 members (excludes halogenated alkanes) is 2. The second-order valence-electron chi connectivity index (χ2n) is 6.36. The van der Waals surface area contributed by atoms with Crippen LogP contribution < -0.4 is 0 Å². The molecule has 2 rings (SSSR count). The van der Waals surface area contributed by atoms with Gasteiger partial charge in [0.05, 0.1) is 0 Å². The van der Waals surface area contributed by atoms with Gasteiger partial charge in [0.1, 0.15) is 5.75 Å². The van der Waals surface area contributed by atoms with Crippen molar-refractivity contribution in [1.29, 1.82) is 0 Å². The normalized spacial score (nSPS) is 12.3. The van der Waals surface area contributed by atoms with Crippen LogP contribution in [0.3, 0.4) is 0 Å². The molecule has 22 heavy (non-hydrogen) atoms. The number of phenolic OH excluding ortho intramolecular Hbond substituents is 1. The van der Waals surface area contributed by atoms with Gasteiger partial charge in [0, 0.05) is 0 Å². The van der Waals surface area contributed by atoms with Crippen LogP contribution in [0.2, 0.25) is 0 Å². The van der Waals surface area contributed by atoms with Crippen molar-refractivity contribution in [2.75, 3.05) is 0 Å². The third-order valence-corrected chi connectivity index (χ3v) is 4.51. The molecule has 0 amide bonds. The molecule has 118 valence electrons. The van der Waals surface area contributed by atoms with Gasteiger partial charge in [-0.3, -0.25) is 0 Å². The smallest absolute Gasteiger partial charge is 0.115 e. The Bertz CT molecular complexity index is 539. The van der Waals surface area contributed by atoms with Gasteiger partial charge in [0.25, 0.3) is 0 Å². The Morgan fingerprint density at radius 3 is 2.00 bits per heavy atom. The Hall–Kier alpha value is -1.76. The summed E-state index contributed by atoms with van der Waals surface area (Å²) in [6.07, 6.45) is 7.84. The average Bonchev–Trinajstić information content (AvgIpc) is 2.55. The Labute approximate surface area is 135 Å². The van der Waals surface area contributed by atoms with Crippen LogP contribution in [0.5, 0.6) is 5.75 Å². The van der Waals surface area contributed by atoms with Crippen molar-refractivity contribution in [3.63, 3.8) is 0 Å². The van der Waals surface area contributed by atoms with E-state index in [2.05, 4.69) is 38.1 Å². The van der Waals surface area contributed by atoms with Gasteiger partial charge in [-0.1, -0.05) is 75.9 Å². The zero-order valence-electron chi connectivity index (χ0n) is 13.9. The molecule has 2 aromatic carbocycles. The van der Waals surface area contributed by atoms with E-state index >= 15 is 0 Å². The minimum atomic E-state index is 0.317. The van der Waals surface area contributed by atoms with E-state index in [9.17, 15) is 5.11 Å². The predicted octanol–water partition coefficient (Wildman–Crippen LogP) is 6.21. The highest BCUT2D eigenvalue weighted by molar-refractivity contribution is 5.64. The third kappa shape index (κ3) is 5.22. The van der Waals surface area contributed by atoms with Crippen LogP contribution >= 0.6 is 0 Å². The number of hydrogen-bond acceptors (Lipinski definition) is 1. The number of rotatable bonds is 8. The zero-order chi connectivity index (χ0) is 15.8. The molecule has 1 nitrogen and oxygen atoms in total. The summed E-state index contributed by atoms with van der Waals surface area (Å²) in [5, 5.41) is 9.34. The monoisotopic (exact) mass is 296 g/mol. The van der Waals surface area contributed by atoms with E-state index < -0.39 is 0 Å². The first-order chi connectivity index (χ1) is 10.7. The van der Waals surface area contributed by atoms with Crippen molar-refractivity contribution in [3.05, 3.63) is 54.1 Å². The van der Waals surface area contributed by atoms with E-state index in [1.165, 1.54) is 49.7 Å². The maximum atomic E-state index is 9.34. The van der Waals surface area contributed by atoms with Gasteiger partial charge in [0.15, 0.2) is 0 Å². The molecule has 0 aliphatic rings. The van der Waals surface area contributed by atoms with E-state index in [4.69, 9.17) is 0 Å². The summed E-state index contributed by atoms with van der Waals surface area (Å²) in [4.78, 5) is 0. The van der Waals surface area contributed by atoms with Gasteiger partial charge in [-0.2, -0.15) is 0 Å². The Morgan fingerprint density at radius 1 is 0.818 bits per heavy atom. The van der Waals surface area contributed by atoms with Crippen LogP contribution in [0.4, 0.5) is 0 Å². The molecule has 0 bridgehead atoms. The minimum absolute atomic E-state index is 0.317. The lowest BCUT2D eigenvalue weighted by Crippen LogP contribution is -1.92. The highest BCUT2D eigenvalue weighted by atomic mass is 16.3. The van der Waals surface area contributed by atoms with Crippen LogP contribution in [0.15, 0.2) is 48.5 Å². The maximum absolute atomic E-state index is 9.34. The first-order valence-corrected chi connectivity index (χ1v) is 8.57. The number of benzene rings is 2. The molecule has 1 atom stereocenters. The Morgan fingerprint density at radius 2 is 1.41 bits per heavy atom. The van der Waals surface area contributed by atoms with Gasteiger partial charge < -0.3 is 5.11 Å². The Kier molecular flexibility index (Phi) is 6.51. The molecule has 0 aromatic heterocycles. The van der Waals surface area contributed by atoms with Crippen LogP contribution in [0.1, 0.15) is 51.5 Å². The van der Waals surface area contributed by atoms with Crippen molar-refractivity contribution < 1.29 is 5.11 Å². The number of hydrogen-bond donors (Lipinski definition) is 1. The summed E-state index contributed by atoms with van der Waals surface area (Å²) in [7, 11) is 0. The highest BCUT2D eigenvalue weighted by Crippen LogP contribution is 2.22. The molecular weight excluding hydrogens is 268 g/mol. The molecular formula is C21H28O. The van der Waals surface area contributed by atoms with Gasteiger partial charge in [-0.15, -0.1) is 0 Å². The van der Waals surface area contributed by atoms with Gasteiger partial charge in [-0.25, -0.2) is 0 Å². The first-order valence-electron chi connectivity index (χ1n) is 8.57. The summed E-state index contributed by atoms with van der Waals surface area (Å²) in [6.45, 7) is 4.63. The highest BCUT2D eigenvalue weighted by Gasteiger charge is 2.00. The van der Waals surface area contributed by atoms with Crippen molar-refractivity contribution in [2.24, 2.45) is 5.92 Å². The number of phenols is 1. The summed E-state index contributed by atoms with van der Waals surface area (Å²) >= 11 is 0. The van der Waals surface area contributed by atoms with Crippen molar-refractivity contribution >= 4 is 0 Å². The SMILES string of the molecule is CC[C@H](C)CCCCCc1ccc(-c2ccc(O)cc2)cc1. The molecule has 0 spiro atoms. The minimum Gasteiger partial charge on any atom is -0.508 e. The second-order valence-corrected chi connectivity index (χ2v) is 6.36. The second kappa shape index (κ2) is 8.63. The average molecular weight is 296 g/mol. The lowest BCUT2D eigenvalue weighted by Gasteiger charge is -2.08. The third-order valence-electron chi connectivity index (χ3n) is 4.51. The van der Waals surface area contributed by atoms with E-state index in [0.29, 0.717) is 5.75 Å². The molecule has 0 aliphatic heterocycles. The topological polar surface area (TPSA) is 20.2 Å². The van der Waals surface area contributed by atoms with Gasteiger partial charge in [0.2, 0.25) is 0 Å². The predicted molar refractivity (Wildman–Crippen MR) is 95.2 cm³/mol. The molecule has 0 fully saturated rings. The van der Waals surface area contributed by atoms with Gasteiger partial charge in [-0.05, 0) is 47.6 Å². The summed E-state index contributed by atoms with van der Waals surface area (Å²) in [6, 6.07) is 16.2. The lowest BCUT2D eigenvalue weighted by molar-refractivity contribution is 0.475. The summed E-state index contributed by atoms with van der Waals surface area (Å²) in [5.41, 5.74) is 3.78. The van der Waals surface area contributed by atoms with E-state index in [1.54, 1.807) is 12.1 Å². The lowest BCUT2D eigenvalue weighted by atomic mass is 9.98. The number of aromatic hydroxyl groups is 1. The largest absolute Gasteiger partial charge is 0.508 e. The van der Waals surface area contributed by atoms with Crippen molar-refractivity contribution in [1.82, 2.24) is 0 Å². The van der Waals surface area contributed by atoms with Crippen molar-refractivity contribution in [3.8, 4) is 16.9 Å². The fourth-order valence-electron chi connectivity index (χ4n) is 2.72. The van der Waals surface area contributed by atoms with E-state index in [1.807, 2.05) is 12.1 Å². The summed E-state index contributed by atoms with van der Waals surface area (Å²) in [5.74, 6) is 1.20. The molecule has 0 heterocycles. The molecule has 1 N–H and O–H groups in total. The molecule has 0 unspecified atom stereocenters. The van der Waals surface area contributed by atoms with Crippen LogP contribution in [0, 0.1) is 5.92 Å². The van der Waals surface area contributed by atoms with Crippen LogP contribution in [-0.2, 0) is 6.42 Å². The zero-order valence-corrected chi connectivity index (χ0v) is 13.9.